The molecule has 24 heteroatoms. The van der Waals surface area contributed by atoms with Crippen LogP contribution in [0.2, 0.25) is 0 Å². The van der Waals surface area contributed by atoms with Gasteiger partial charge >= 0.3 is 0 Å². The third kappa shape index (κ3) is 17.1. The molecule has 122 heavy (non-hydrogen) atoms. The highest BCUT2D eigenvalue weighted by atomic mass is 15.5. The van der Waals surface area contributed by atoms with Gasteiger partial charge in [0.05, 0.1) is 42.3 Å². The van der Waals surface area contributed by atoms with Crippen molar-refractivity contribution in [3.8, 4) is 0 Å². The highest BCUT2D eigenvalue weighted by molar-refractivity contribution is 5.73. The summed E-state index contributed by atoms with van der Waals surface area (Å²) in [5, 5.41) is 0. The Hall–Kier alpha value is -14.8. The normalized spacial score (nSPS) is 18.2. The van der Waals surface area contributed by atoms with Crippen LogP contribution in [-0.4, -0.2) is 109 Å². The fourth-order valence-electron chi connectivity index (χ4n) is 16.4. The van der Waals surface area contributed by atoms with Crippen LogP contribution in [-0.2, 0) is 0 Å². The zero-order chi connectivity index (χ0) is 91.9. The summed E-state index contributed by atoms with van der Waals surface area (Å²) in [7, 11) is 11.2. The van der Waals surface area contributed by atoms with Gasteiger partial charge < -0.3 is 87.5 Å². The van der Waals surface area contributed by atoms with Crippen LogP contribution >= 0.6 is 0 Å². The summed E-state index contributed by atoms with van der Waals surface area (Å²) in [4.78, 5) is 65.9. The lowest BCUT2D eigenvalue weighted by Crippen LogP contribution is -2.36. The van der Waals surface area contributed by atoms with Crippen LogP contribution < -0.4 is 29.4 Å². The highest BCUT2D eigenvalue weighted by Crippen LogP contribution is 2.46. The number of aryl methyl sites for hydroxylation is 13. The number of benzene rings is 6. The summed E-state index contributed by atoms with van der Waals surface area (Å²) >= 11 is 0. The minimum absolute atomic E-state index is 0.0241. The number of rotatable bonds is 6. The minimum Gasteiger partial charge on any atom is -0.374 e. The summed E-state index contributed by atoms with van der Waals surface area (Å²) in [6.45, 7) is 142. The van der Waals surface area contributed by atoms with Gasteiger partial charge in [0.25, 0.3) is 34.9 Å². The predicted octanol–water partition coefficient (Wildman–Crippen LogP) is 22.7. The molecular formula is C98H112N24. The van der Waals surface area contributed by atoms with Crippen LogP contribution in [0.15, 0.2) is 131 Å². The summed E-state index contributed by atoms with van der Waals surface area (Å²) in [5.41, 5.74) is 30.0. The van der Waals surface area contributed by atoms with Crippen molar-refractivity contribution in [3.63, 3.8) is 0 Å². The van der Waals surface area contributed by atoms with E-state index < -0.39 is 0 Å². The number of hydrogen-bond donors (Lipinski definition) is 0. The van der Waals surface area contributed by atoms with Crippen LogP contribution in [0.25, 0.3) is 58.1 Å². The molecule has 6 atom stereocenters. The first kappa shape index (κ1) is 94.4. The van der Waals surface area contributed by atoms with Gasteiger partial charge in [0.1, 0.15) is 34.1 Å². The van der Waals surface area contributed by atoms with E-state index in [0.717, 1.165) is 73.1 Å². The zero-order valence-electron chi connectivity index (χ0n) is 77.0. The van der Waals surface area contributed by atoms with Crippen LogP contribution in [0.1, 0.15) is 153 Å². The number of anilines is 6. The van der Waals surface area contributed by atoms with Gasteiger partial charge in [-0.1, -0.05) is 127 Å². The van der Waals surface area contributed by atoms with Crippen molar-refractivity contribution in [2.45, 2.75) is 217 Å². The molecule has 6 aliphatic rings. The number of nitrogens with zero attached hydrogens (tertiary/aromatic N) is 24. The molecule has 0 unspecified atom stereocenters. The molecule has 6 aliphatic heterocycles. The van der Waals surface area contributed by atoms with E-state index >= 15 is 0 Å². The lowest BCUT2D eigenvalue weighted by Gasteiger charge is -2.27. The Morgan fingerprint density at radius 2 is 0.426 bits per heavy atom. The molecule has 0 amide bonds. The summed E-state index contributed by atoms with van der Waals surface area (Å²) < 4.78 is 0. The molecule has 24 nitrogen and oxygen atoms in total. The second-order valence-corrected chi connectivity index (χ2v) is 32.0. The van der Waals surface area contributed by atoms with E-state index in [1.807, 2.05) is 156 Å². The summed E-state index contributed by atoms with van der Waals surface area (Å²) in [6.07, 6.45) is -0.158. The lowest BCUT2D eigenvalue weighted by atomic mass is 9.97. The molecule has 0 N–H and O–H groups in total. The van der Waals surface area contributed by atoms with Crippen molar-refractivity contribution < 1.29 is 0 Å². The van der Waals surface area contributed by atoms with Crippen molar-refractivity contribution in [1.29, 1.82) is 0 Å². The van der Waals surface area contributed by atoms with Crippen LogP contribution in [0, 0.1) is 217 Å². The van der Waals surface area contributed by atoms with E-state index in [-0.39, 0.29) is 37.0 Å². The molecule has 6 heterocycles. The average molecular weight is 1630 g/mol. The second kappa shape index (κ2) is 38.3. The zero-order valence-corrected chi connectivity index (χ0v) is 77.0. The van der Waals surface area contributed by atoms with Crippen molar-refractivity contribution in [2.24, 2.45) is 0 Å². The smallest absolute Gasteiger partial charge is 0.253 e. The molecule has 0 spiro atoms. The molecule has 6 aromatic carbocycles. The van der Waals surface area contributed by atoms with Crippen molar-refractivity contribution in [3.05, 3.63) is 379 Å². The van der Waals surface area contributed by atoms with Gasteiger partial charge in [-0.25, -0.2) is 0 Å². The summed E-state index contributed by atoms with van der Waals surface area (Å²) in [5.74, 6) is 5.07. The van der Waals surface area contributed by atoms with E-state index in [1.54, 1.807) is 0 Å². The second-order valence-electron chi connectivity index (χ2n) is 32.0. The maximum Gasteiger partial charge on any atom is 0.253 e. The van der Waals surface area contributed by atoms with E-state index in [1.165, 1.54) is 72.3 Å². The van der Waals surface area contributed by atoms with Gasteiger partial charge in [0, 0.05) is 41.5 Å². The average Bonchev–Trinajstić information content (AvgIpc) is 1.68. The third-order valence-corrected chi connectivity index (χ3v) is 24.9. The quantitative estimate of drug-likeness (QED) is 0.149. The fraction of sp³-hybridized carbons (Fsp3) is 0.388. The topological polar surface area (TPSA) is 91.2 Å². The molecule has 0 aliphatic carbocycles. The molecule has 0 saturated carbocycles. The Kier molecular flexibility index (Phi) is 29.6. The molecule has 6 aromatic rings. The molecule has 0 radical (unpaired) electrons. The maximum atomic E-state index is 7.49. The van der Waals surface area contributed by atoms with Gasteiger partial charge in [-0.05, 0) is 262 Å². The van der Waals surface area contributed by atoms with Crippen molar-refractivity contribution in [2.75, 3.05) is 71.7 Å². The van der Waals surface area contributed by atoms with Gasteiger partial charge in [-0.2, -0.15) is 0 Å². The van der Waals surface area contributed by atoms with Crippen LogP contribution in [0.5, 0.6) is 0 Å². The van der Waals surface area contributed by atoms with Crippen molar-refractivity contribution in [1.82, 2.24) is 29.4 Å². The Morgan fingerprint density at radius 3 is 0.787 bits per heavy atom. The Labute approximate surface area is 727 Å². The standard InChI is InChI=1S/2C17H20N4.4C16H18N4/c1-10-9-15(13(4)12(3)11(10)2)21-14(5)20(8)16(18-6)17(21)19-7;1-10-9-11(2)15(13(4)12(10)3)21-14(5)20(8)16(18-6)17(21)19-7;1-10-8-12(3)14(9-11(10)2)20-13(4)19(7)15(17-5)16(20)18-6;1-10-8-11(2)12(3)14(9-10)20-13(4)19(7)15(17-5)16(20)18-6;1-10-8-11(2)14(12(3)9-10)20-13(4)19(7)15(17-5)16(20)18-6;1-10-8-9-11(2)14(12(10)3)20-13(4)19(7)15(17-5)16(20)18-6/h2*9,14H,1-5,8H3;4*8-9,13H,1-4,7H3/t2*14-;4*13-/m000000/s1. The molecule has 12 rings (SSSR count). The first-order chi connectivity index (χ1) is 57.4. The Bertz CT molecular complexity index is 5980. The van der Waals surface area contributed by atoms with Gasteiger partial charge in [-0.15, -0.1) is 0 Å². The van der Waals surface area contributed by atoms with E-state index in [9.17, 15) is 0 Å². The third-order valence-electron chi connectivity index (χ3n) is 24.9. The minimum atomic E-state index is -0.0299. The lowest BCUT2D eigenvalue weighted by molar-refractivity contribution is 0.364. The molecule has 0 aromatic heterocycles. The molecule has 624 valence electrons. The summed E-state index contributed by atoms with van der Waals surface area (Å²) in [6, 6.07) is 21.1. The Balaban J connectivity index is 0.000000201. The highest BCUT2D eigenvalue weighted by Gasteiger charge is 2.46. The number of hydrogen-bond acceptors (Lipinski definition) is 12. The van der Waals surface area contributed by atoms with Gasteiger partial charge in [-0.3, -0.25) is 29.4 Å². The first-order valence-electron chi connectivity index (χ1n) is 39.9. The first-order valence-corrected chi connectivity index (χ1v) is 39.9. The molecule has 0 bridgehead atoms. The van der Waals surface area contributed by atoms with Crippen LogP contribution in [0.3, 0.4) is 0 Å². The van der Waals surface area contributed by atoms with Gasteiger partial charge in [0.15, 0.2) is 0 Å². The van der Waals surface area contributed by atoms with E-state index in [0.29, 0.717) is 69.9 Å². The molecule has 0 fully saturated rings. The van der Waals surface area contributed by atoms with E-state index in [4.69, 9.17) is 78.9 Å². The van der Waals surface area contributed by atoms with Crippen LogP contribution in [0.4, 0.5) is 34.1 Å². The predicted molar refractivity (Wildman–Crippen MR) is 493 cm³/mol. The monoisotopic (exact) mass is 1620 g/mol. The van der Waals surface area contributed by atoms with Crippen molar-refractivity contribution >= 4 is 34.1 Å². The SMILES string of the molecule is [C-]#[N+]C1=C([N+]#[C-])N(c2c(C)cc(C)c(C)c2C)[C@@H](C)N1C.[C-]#[N+]C1=C([N+]#[C-])N(c2c(C)cc(C)cc2C)[C@@H](C)N1C.[C-]#[N+]C1=C([N+]#[C-])N(c2c(C)ccc(C)c2C)[C@@H](C)N1C.[C-]#[N+]C1=C([N+]#[C-])N(c2cc(C)c(C)c(C)c2C)[C@@H](C)N1C.[C-]#[N+]C1=C([N+]#[C-])N(c2cc(C)c(C)cc2C)[C@@H](C)N1C.[C-]#[N+]C1=C([N+]#[C-])N(c2cc(C)cc(C)c2C)[C@@H](C)N1C. The maximum absolute atomic E-state index is 7.49. The van der Waals surface area contributed by atoms with Gasteiger partial charge in [0.2, 0.25) is 71.9 Å². The largest absolute Gasteiger partial charge is 0.374 e. The molecular weight excluding hydrogens is 1510 g/mol. The Morgan fingerprint density at radius 1 is 0.189 bits per heavy atom. The molecule has 0 saturated heterocycles. The van der Waals surface area contributed by atoms with E-state index in [2.05, 4.69) is 243 Å². The fourth-order valence-corrected chi connectivity index (χ4v) is 16.4.